The zero-order valence-electron chi connectivity index (χ0n) is 10.7. The summed E-state index contributed by atoms with van der Waals surface area (Å²) in [5.41, 5.74) is 8.08. The molecule has 0 spiro atoms. The molecule has 0 aliphatic carbocycles. The Labute approximate surface area is 106 Å². The van der Waals surface area contributed by atoms with Gasteiger partial charge >= 0.3 is 0 Å². The number of aromatic nitrogens is 2. The summed E-state index contributed by atoms with van der Waals surface area (Å²) < 4.78 is 15.8. The highest BCUT2D eigenvalue weighted by Crippen LogP contribution is 2.23. The van der Waals surface area contributed by atoms with Crippen LogP contribution in [0.2, 0.25) is 0 Å². The number of halogens is 1. The predicted octanol–water partition coefficient (Wildman–Crippen LogP) is 2.79. The normalized spacial score (nSPS) is 12.7. The lowest BCUT2D eigenvalue weighted by atomic mass is 10.00. The fourth-order valence-electron chi connectivity index (χ4n) is 1.98. The number of benzene rings is 1. The molecule has 0 aliphatic heterocycles. The lowest BCUT2D eigenvalue weighted by molar-refractivity contribution is 0.589. The second kappa shape index (κ2) is 5.31. The summed E-state index contributed by atoms with van der Waals surface area (Å²) in [5.74, 6) is -0.228. The van der Waals surface area contributed by atoms with E-state index in [1.165, 1.54) is 0 Å². The average Bonchev–Trinajstić information content (AvgIpc) is 2.81. The van der Waals surface area contributed by atoms with E-state index in [-0.39, 0.29) is 5.82 Å². The van der Waals surface area contributed by atoms with Gasteiger partial charge in [-0.25, -0.2) is 4.39 Å². The monoisotopic (exact) mass is 247 g/mol. The quantitative estimate of drug-likeness (QED) is 0.902. The van der Waals surface area contributed by atoms with Crippen LogP contribution in [0.15, 0.2) is 30.6 Å². The number of nitrogens with two attached hydrogens (primary N) is 1. The van der Waals surface area contributed by atoms with Gasteiger partial charge in [0.2, 0.25) is 0 Å². The lowest BCUT2D eigenvalue weighted by Crippen LogP contribution is -2.13. The van der Waals surface area contributed by atoms with Crippen LogP contribution >= 0.6 is 0 Å². The van der Waals surface area contributed by atoms with Gasteiger partial charge in [-0.3, -0.25) is 4.68 Å². The van der Waals surface area contributed by atoms with Crippen LogP contribution in [-0.2, 0) is 6.54 Å². The topological polar surface area (TPSA) is 43.8 Å². The molecule has 4 heteroatoms. The number of rotatable bonds is 4. The van der Waals surface area contributed by atoms with Crippen molar-refractivity contribution in [3.8, 4) is 0 Å². The Morgan fingerprint density at radius 2 is 2.22 bits per heavy atom. The molecular formula is C14H18FN3. The van der Waals surface area contributed by atoms with Crippen molar-refractivity contribution >= 4 is 0 Å². The summed E-state index contributed by atoms with van der Waals surface area (Å²) in [7, 11) is 0. The Balaban J connectivity index is 2.29. The van der Waals surface area contributed by atoms with Crippen molar-refractivity contribution in [2.45, 2.75) is 32.9 Å². The molecule has 0 fully saturated rings. The third-order valence-electron chi connectivity index (χ3n) is 3.02. The summed E-state index contributed by atoms with van der Waals surface area (Å²) in [4.78, 5) is 0. The highest BCUT2D eigenvalue weighted by molar-refractivity contribution is 5.33. The predicted molar refractivity (Wildman–Crippen MR) is 69.7 cm³/mol. The number of aryl methyl sites for hydroxylation is 2. The van der Waals surface area contributed by atoms with E-state index in [4.69, 9.17) is 5.73 Å². The molecule has 2 aromatic rings. The standard InChI is InChI=1S/C14H18FN3/c1-3-7-18-9-11(8-17-18)14(16)12-6-4-5-10(2)13(12)15/h4-6,8-9,14H,3,7,16H2,1-2H3. The molecule has 1 aromatic carbocycles. The molecule has 0 saturated heterocycles. The van der Waals surface area contributed by atoms with Crippen LogP contribution in [0.4, 0.5) is 4.39 Å². The van der Waals surface area contributed by atoms with Crippen LogP contribution in [0, 0.1) is 12.7 Å². The molecule has 2 N–H and O–H groups in total. The molecule has 0 bridgehead atoms. The molecule has 0 saturated carbocycles. The van der Waals surface area contributed by atoms with Crippen molar-refractivity contribution in [3.63, 3.8) is 0 Å². The molecular weight excluding hydrogens is 229 g/mol. The Bertz CT molecular complexity index is 534. The van der Waals surface area contributed by atoms with Gasteiger partial charge in [0.15, 0.2) is 0 Å². The van der Waals surface area contributed by atoms with E-state index in [1.807, 2.05) is 16.9 Å². The van der Waals surface area contributed by atoms with E-state index >= 15 is 0 Å². The molecule has 1 aromatic heterocycles. The van der Waals surface area contributed by atoms with E-state index in [0.717, 1.165) is 18.5 Å². The Morgan fingerprint density at radius 1 is 1.44 bits per heavy atom. The minimum atomic E-state index is -0.462. The summed E-state index contributed by atoms with van der Waals surface area (Å²) in [6.45, 7) is 4.68. The molecule has 0 amide bonds. The maximum absolute atomic E-state index is 14.0. The number of nitrogens with zero attached hydrogens (tertiary/aromatic N) is 2. The SMILES string of the molecule is CCCn1cc(C(N)c2cccc(C)c2F)cn1. The molecule has 96 valence electrons. The Morgan fingerprint density at radius 3 is 2.94 bits per heavy atom. The molecule has 1 unspecified atom stereocenters. The van der Waals surface area contributed by atoms with Crippen LogP contribution in [0.5, 0.6) is 0 Å². The molecule has 1 heterocycles. The smallest absolute Gasteiger partial charge is 0.131 e. The van der Waals surface area contributed by atoms with Crippen molar-refractivity contribution in [2.75, 3.05) is 0 Å². The van der Waals surface area contributed by atoms with E-state index in [0.29, 0.717) is 11.1 Å². The second-order valence-electron chi connectivity index (χ2n) is 4.49. The van der Waals surface area contributed by atoms with Gasteiger partial charge in [0, 0.05) is 23.9 Å². The van der Waals surface area contributed by atoms with Crippen LogP contribution in [-0.4, -0.2) is 9.78 Å². The second-order valence-corrected chi connectivity index (χ2v) is 4.49. The van der Waals surface area contributed by atoms with Gasteiger partial charge in [-0.1, -0.05) is 25.1 Å². The maximum atomic E-state index is 14.0. The van der Waals surface area contributed by atoms with Crippen LogP contribution in [0.25, 0.3) is 0 Å². The first-order chi connectivity index (χ1) is 8.63. The van der Waals surface area contributed by atoms with Crippen LogP contribution in [0.1, 0.15) is 36.1 Å². The van der Waals surface area contributed by atoms with Gasteiger partial charge in [-0.05, 0) is 18.9 Å². The fourth-order valence-corrected chi connectivity index (χ4v) is 1.98. The van der Waals surface area contributed by atoms with Gasteiger partial charge < -0.3 is 5.73 Å². The Hall–Kier alpha value is -1.68. The molecule has 18 heavy (non-hydrogen) atoms. The first-order valence-electron chi connectivity index (χ1n) is 6.16. The van der Waals surface area contributed by atoms with E-state index in [1.54, 1.807) is 25.3 Å². The van der Waals surface area contributed by atoms with E-state index in [9.17, 15) is 4.39 Å². The summed E-state index contributed by atoms with van der Waals surface area (Å²) in [5, 5.41) is 4.22. The minimum Gasteiger partial charge on any atom is -0.320 e. The van der Waals surface area contributed by atoms with Gasteiger partial charge in [-0.15, -0.1) is 0 Å². The molecule has 1 atom stereocenters. The molecule has 3 nitrogen and oxygen atoms in total. The van der Waals surface area contributed by atoms with Crippen LogP contribution in [0.3, 0.4) is 0 Å². The fraction of sp³-hybridized carbons (Fsp3) is 0.357. The van der Waals surface area contributed by atoms with Gasteiger partial charge in [0.25, 0.3) is 0 Å². The third kappa shape index (κ3) is 2.43. The molecule has 0 aliphatic rings. The third-order valence-corrected chi connectivity index (χ3v) is 3.02. The van der Waals surface area contributed by atoms with Crippen molar-refractivity contribution in [1.82, 2.24) is 9.78 Å². The van der Waals surface area contributed by atoms with Crippen LogP contribution < -0.4 is 5.73 Å². The highest BCUT2D eigenvalue weighted by atomic mass is 19.1. The zero-order valence-corrected chi connectivity index (χ0v) is 10.7. The zero-order chi connectivity index (χ0) is 13.1. The largest absolute Gasteiger partial charge is 0.320 e. The maximum Gasteiger partial charge on any atom is 0.131 e. The first kappa shape index (κ1) is 12.8. The van der Waals surface area contributed by atoms with Crippen molar-refractivity contribution < 1.29 is 4.39 Å². The van der Waals surface area contributed by atoms with Gasteiger partial charge in [0.05, 0.1) is 12.2 Å². The Kier molecular flexibility index (Phi) is 3.77. The van der Waals surface area contributed by atoms with Crippen molar-refractivity contribution in [2.24, 2.45) is 5.73 Å². The van der Waals surface area contributed by atoms with Gasteiger partial charge in [-0.2, -0.15) is 5.10 Å². The summed E-state index contributed by atoms with van der Waals surface area (Å²) in [6, 6.07) is 4.83. The summed E-state index contributed by atoms with van der Waals surface area (Å²) >= 11 is 0. The van der Waals surface area contributed by atoms with Gasteiger partial charge in [0.1, 0.15) is 5.82 Å². The lowest BCUT2D eigenvalue weighted by Gasteiger charge is -2.12. The molecule has 2 rings (SSSR count). The first-order valence-corrected chi connectivity index (χ1v) is 6.16. The van der Waals surface area contributed by atoms with E-state index in [2.05, 4.69) is 12.0 Å². The number of hydrogen-bond acceptors (Lipinski definition) is 2. The van der Waals surface area contributed by atoms with Crippen molar-refractivity contribution in [1.29, 1.82) is 0 Å². The van der Waals surface area contributed by atoms with E-state index < -0.39 is 6.04 Å². The highest BCUT2D eigenvalue weighted by Gasteiger charge is 2.16. The van der Waals surface area contributed by atoms with Crippen molar-refractivity contribution in [3.05, 3.63) is 53.1 Å². The molecule has 0 radical (unpaired) electrons. The summed E-state index contributed by atoms with van der Waals surface area (Å²) in [6.07, 6.45) is 4.60. The number of hydrogen-bond donors (Lipinski definition) is 1. The minimum absolute atomic E-state index is 0.228. The average molecular weight is 247 g/mol.